The van der Waals surface area contributed by atoms with Crippen molar-refractivity contribution in [1.82, 2.24) is 10.3 Å². The zero-order valence-corrected chi connectivity index (χ0v) is 10.8. The standard InChI is InChI=1S/C12H14N2S2/c1-8-4-5-15-11(8)12-14-10(7-16-12)6-13-9-2-3-9/h4-5,7,9,13H,2-3,6H2,1H3. The van der Waals surface area contributed by atoms with Gasteiger partial charge in [-0.15, -0.1) is 22.7 Å². The number of nitrogens with one attached hydrogen (secondary N) is 1. The van der Waals surface area contributed by atoms with E-state index in [0.29, 0.717) is 0 Å². The molecule has 4 heteroatoms. The SMILES string of the molecule is Cc1ccsc1-c1nc(CNC2CC2)cs1. The Balaban J connectivity index is 1.74. The maximum atomic E-state index is 4.68. The molecule has 84 valence electrons. The summed E-state index contributed by atoms with van der Waals surface area (Å²) in [7, 11) is 0. The first-order valence-electron chi connectivity index (χ1n) is 5.55. The van der Waals surface area contributed by atoms with Crippen molar-refractivity contribution in [1.29, 1.82) is 0 Å². The fourth-order valence-corrected chi connectivity index (χ4v) is 3.54. The molecule has 0 saturated heterocycles. The van der Waals surface area contributed by atoms with E-state index in [1.165, 1.54) is 34.0 Å². The molecule has 0 atom stereocenters. The molecule has 0 spiro atoms. The second-order valence-corrected chi connectivity index (χ2v) is 6.01. The lowest BCUT2D eigenvalue weighted by atomic mass is 10.3. The van der Waals surface area contributed by atoms with Crippen molar-refractivity contribution in [2.24, 2.45) is 0 Å². The van der Waals surface area contributed by atoms with Crippen LogP contribution in [0.5, 0.6) is 0 Å². The molecule has 0 amide bonds. The Labute approximate surface area is 103 Å². The molecular formula is C12H14N2S2. The topological polar surface area (TPSA) is 24.9 Å². The monoisotopic (exact) mass is 250 g/mol. The number of aromatic nitrogens is 1. The first-order chi connectivity index (χ1) is 7.83. The maximum Gasteiger partial charge on any atom is 0.133 e. The van der Waals surface area contributed by atoms with E-state index in [1.54, 1.807) is 22.7 Å². The van der Waals surface area contributed by atoms with E-state index in [2.05, 4.69) is 34.1 Å². The van der Waals surface area contributed by atoms with E-state index >= 15 is 0 Å². The van der Waals surface area contributed by atoms with Gasteiger partial charge in [-0.05, 0) is 36.8 Å². The Kier molecular flexibility index (Phi) is 2.79. The zero-order valence-electron chi connectivity index (χ0n) is 9.19. The summed E-state index contributed by atoms with van der Waals surface area (Å²) in [5.74, 6) is 0. The molecule has 2 nitrogen and oxygen atoms in total. The number of aryl methyl sites for hydroxylation is 1. The molecule has 3 rings (SSSR count). The Bertz CT molecular complexity index is 483. The third-order valence-electron chi connectivity index (χ3n) is 2.76. The minimum atomic E-state index is 0.758. The summed E-state index contributed by atoms with van der Waals surface area (Å²) < 4.78 is 0. The highest BCUT2D eigenvalue weighted by molar-refractivity contribution is 7.20. The van der Waals surface area contributed by atoms with Gasteiger partial charge in [-0.2, -0.15) is 0 Å². The zero-order chi connectivity index (χ0) is 11.0. The van der Waals surface area contributed by atoms with Crippen LogP contribution in [0, 0.1) is 6.92 Å². The van der Waals surface area contributed by atoms with Gasteiger partial charge in [-0.25, -0.2) is 4.98 Å². The Hall–Kier alpha value is -0.710. The van der Waals surface area contributed by atoms with Gasteiger partial charge in [0.25, 0.3) is 0 Å². The van der Waals surface area contributed by atoms with Crippen molar-refractivity contribution in [3.05, 3.63) is 28.1 Å². The summed E-state index contributed by atoms with van der Waals surface area (Å²) in [5, 5.41) is 8.96. The molecule has 16 heavy (non-hydrogen) atoms. The number of hydrogen-bond donors (Lipinski definition) is 1. The number of thiazole rings is 1. The lowest BCUT2D eigenvalue weighted by Crippen LogP contribution is -2.15. The van der Waals surface area contributed by atoms with Gasteiger partial charge in [-0.3, -0.25) is 0 Å². The lowest BCUT2D eigenvalue weighted by molar-refractivity contribution is 0.678. The van der Waals surface area contributed by atoms with Crippen molar-refractivity contribution in [3.63, 3.8) is 0 Å². The highest BCUT2D eigenvalue weighted by Gasteiger charge is 2.20. The van der Waals surface area contributed by atoms with Crippen LogP contribution in [0.3, 0.4) is 0 Å². The van der Waals surface area contributed by atoms with E-state index in [4.69, 9.17) is 0 Å². The largest absolute Gasteiger partial charge is 0.308 e. The molecule has 2 aromatic heterocycles. The summed E-state index contributed by atoms with van der Waals surface area (Å²) in [6.07, 6.45) is 2.67. The van der Waals surface area contributed by atoms with Gasteiger partial charge in [0.15, 0.2) is 0 Å². The first-order valence-corrected chi connectivity index (χ1v) is 7.31. The summed E-state index contributed by atoms with van der Waals surface area (Å²) in [5.41, 5.74) is 2.51. The van der Waals surface area contributed by atoms with Crippen LogP contribution in [0.4, 0.5) is 0 Å². The second-order valence-electron chi connectivity index (χ2n) is 4.23. The number of hydrogen-bond acceptors (Lipinski definition) is 4. The molecule has 2 heterocycles. The van der Waals surface area contributed by atoms with Crippen LogP contribution in [0.15, 0.2) is 16.8 Å². The van der Waals surface area contributed by atoms with Gasteiger partial charge >= 0.3 is 0 Å². The molecule has 1 aliphatic rings. The predicted octanol–water partition coefficient (Wildman–Crippen LogP) is 3.43. The Morgan fingerprint density at radius 3 is 3.00 bits per heavy atom. The molecule has 2 aromatic rings. The first kappa shape index (κ1) is 10.4. The quantitative estimate of drug-likeness (QED) is 0.899. The van der Waals surface area contributed by atoms with Crippen molar-refractivity contribution in [2.45, 2.75) is 32.4 Å². The number of rotatable bonds is 4. The third kappa shape index (κ3) is 2.19. The molecule has 1 N–H and O–H groups in total. The average molecular weight is 250 g/mol. The van der Waals surface area contributed by atoms with Crippen LogP contribution in [0.25, 0.3) is 9.88 Å². The fraction of sp³-hybridized carbons (Fsp3) is 0.417. The summed E-state index contributed by atoms with van der Waals surface area (Å²) in [4.78, 5) is 6.00. The van der Waals surface area contributed by atoms with Crippen molar-refractivity contribution in [2.75, 3.05) is 0 Å². The minimum Gasteiger partial charge on any atom is -0.308 e. The predicted molar refractivity (Wildman–Crippen MR) is 70.0 cm³/mol. The van der Waals surface area contributed by atoms with Crippen LogP contribution in [0.1, 0.15) is 24.1 Å². The fourth-order valence-electron chi connectivity index (χ4n) is 1.62. The van der Waals surface area contributed by atoms with Gasteiger partial charge in [0.05, 0.1) is 10.6 Å². The summed E-state index contributed by atoms with van der Waals surface area (Å²) in [6, 6.07) is 2.91. The molecule has 0 radical (unpaired) electrons. The van der Waals surface area contributed by atoms with Gasteiger partial charge in [0, 0.05) is 18.0 Å². The normalized spacial score (nSPS) is 15.6. The molecular weight excluding hydrogens is 236 g/mol. The van der Waals surface area contributed by atoms with Gasteiger partial charge in [-0.1, -0.05) is 0 Å². The smallest absolute Gasteiger partial charge is 0.133 e. The molecule has 1 aliphatic carbocycles. The number of nitrogens with zero attached hydrogens (tertiary/aromatic N) is 1. The van der Waals surface area contributed by atoms with Crippen LogP contribution < -0.4 is 5.32 Å². The maximum absolute atomic E-state index is 4.68. The highest BCUT2D eigenvalue weighted by atomic mass is 32.1. The van der Waals surface area contributed by atoms with Crippen LogP contribution in [-0.2, 0) is 6.54 Å². The van der Waals surface area contributed by atoms with Crippen LogP contribution >= 0.6 is 22.7 Å². The van der Waals surface area contributed by atoms with Gasteiger partial charge < -0.3 is 5.32 Å². The molecule has 0 aromatic carbocycles. The van der Waals surface area contributed by atoms with E-state index in [9.17, 15) is 0 Å². The molecule has 1 fully saturated rings. The summed E-state index contributed by atoms with van der Waals surface area (Å²) >= 11 is 3.53. The van der Waals surface area contributed by atoms with E-state index < -0.39 is 0 Å². The van der Waals surface area contributed by atoms with Crippen molar-refractivity contribution in [3.8, 4) is 9.88 Å². The minimum absolute atomic E-state index is 0.758. The molecule has 0 bridgehead atoms. The summed E-state index contributed by atoms with van der Waals surface area (Å²) in [6.45, 7) is 3.07. The van der Waals surface area contributed by atoms with Crippen LogP contribution in [0.2, 0.25) is 0 Å². The average Bonchev–Trinajstić information content (AvgIpc) is 2.82. The highest BCUT2D eigenvalue weighted by Crippen LogP contribution is 2.31. The Morgan fingerprint density at radius 2 is 2.31 bits per heavy atom. The van der Waals surface area contributed by atoms with Crippen LogP contribution in [-0.4, -0.2) is 11.0 Å². The van der Waals surface area contributed by atoms with E-state index in [0.717, 1.165) is 12.6 Å². The number of thiophene rings is 1. The van der Waals surface area contributed by atoms with Gasteiger partial charge in [0.2, 0.25) is 0 Å². The molecule has 0 unspecified atom stereocenters. The van der Waals surface area contributed by atoms with Crippen molar-refractivity contribution >= 4 is 22.7 Å². The van der Waals surface area contributed by atoms with E-state index in [-0.39, 0.29) is 0 Å². The van der Waals surface area contributed by atoms with Gasteiger partial charge in [0.1, 0.15) is 5.01 Å². The second kappa shape index (κ2) is 4.28. The lowest BCUT2D eigenvalue weighted by Gasteiger charge is -1.97. The Morgan fingerprint density at radius 1 is 1.44 bits per heavy atom. The molecule has 0 aliphatic heterocycles. The van der Waals surface area contributed by atoms with E-state index in [1.807, 2.05) is 0 Å². The van der Waals surface area contributed by atoms with Crippen molar-refractivity contribution < 1.29 is 0 Å². The third-order valence-corrected chi connectivity index (χ3v) is 4.82. The molecule has 1 saturated carbocycles.